The highest BCUT2D eigenvalue weighted by atomic mass is 32.2. The average molecular weight is 295 g/mol. The Morgan fingerprint density at radius 1 is 1.37 bits per heavy atom. The third-order valence-electron chi connectivity index (χ3n) is 2.51. The first kappa shape index (κ1) is 16.0. The number of benzene rings is 1. The molecule has 1 rings (SSSR count). The van der Waals surface area contributed by atoms with Gasteiger partial charge in [0.15, 0.2) is 0 Å². The molecule has 0 heterocycles. The van der Waals surface area contributed by atoms with Gasteiger partial charge >= 0.3 is 6.36 Å². The van der Waals surface area contributed by atoms with Crippen LogP contribution in [0, 0.1) is 0 Å². The Bertz CT molecular complexity index is 437. The quantitative estimate of drug-likeness (QED) is 0.876. The van der Waals surface area contributed by atoms with Crippen LogP contribution in [0.5, 0.6) is 5.75 Å². The van der Waals surface area contributed by atoms with E-state index in [9.17, 15) is 17.4 Å². The molecular formula is C12H16F3NO2S. The largest absolute Gasteiger partial charge is 0.573 e. The highest BCUT2D eigenvalue weighted by Gasteiger charge is 2.31. The molecule has 3 nitrogen and oxygen atoms in total. The van der Waals surface area contributed by atoms with Crippen LogP contribution in [0.2, 0.25) is 0 Å². The van der Waals surface area contributed by atoms with E-state index in [1.807, 2.05) is 0 Å². The minimum Gasteiger partial charge on any atom is -0.405 e. The zero-order valence-electron chi connectivity index (χ0n) is 10.7. The maximum Gasteiger partial charge on any atom is 0.573 e. The van der Waals surface area contributed by atoms with Crippen LogP contribution >= 0.6 is 0 Å². The summed E-state index contributed by atoms with van der Waals surface area (Å²) < 4.78 is 51.7. The zero-order valence-corrected chi connectivity index (χ0v) is 11.5. The van der Waals surface area contributed by atoms with Gasteiger partial charge in [0, 0.05) is 41.0 Å². The molecule has 1 N–H and O–H groups in total. The lowest BCUT2D eigenvalue weighted by Gasteiger charge is -2.14. The second-order valence-corrected chi connectivity index (χ2v) is 5.90. The van der Waals surface area contributed by atoms with E-state index in [0.29, 0.717) is 12.1 Å². The summed E-state index contributed by atoms with van der Waals surface area (Å²) in [6.45, 7) is 2.50. The van der Waals surface area contributed by atoms with Crippen LogP contribution in [0.15, 0.2) is 24.3 Å². The molecule has 0 aromatic heterocycles. The summed E-state index contributed by atoms with van der Waals surface area (Å²) in [5.74, 6) is -0.215. The molecule has 0 bridgehead atoms. The minimum absolute atomic E-state index is 0.0595. The van der Waals surface area contributed by atoms with Gasteiger partial charge in [-0.15, -0.1) is 13.2 Å². The van der Waals surface area contributed by atoms with E-state index in [-0.39, 0.29) is 17.5 Å². The number of hydrogen-bond donors (Lipinski definition) is 1. The van der Waals surface area contributed by atoms with Crippen LogP contribution < -0.4 is 10.1 Å². The third-order valence-corrected chi connectivity index (χ3v) is 3.81. The fraction of sp³-hybridized carbons (Fsp3) is 0.500. The normalized spacial score (nSPS) is 15.0. The number of alkyl halides is 3. The lowest BCUT2D eigenvalue weighted by Crippen LogP contribution is -2.27. The SMILES string of the molecule is CC(CNCc1ccccc1OC(F)(F)F)S(C)=O. The van der Waals surface area contributed by atoms with Crippen molar-refractivity contribution in [3.05, 3.63) is 29.8 Å². The monoisotopic (exact) mass is 295 g/mol. The first-order valence-electron chi connectivity index (χ1n) is 5.66. The molecule has 0 fully saturated rings. The van der Waals surface area contributed by atoms with E-state index < -0.39 is 17.2 Å². The van der Waals surface area contributed by atoms with Crippen molar-refractivity contribution in [2.75, 3.05) is 12.8 Å². The molecule has 0 amide bonds. The summed E-state index contributed by atoms with van der Waals surface area (Å²) in [6.07, 6.45) is -3.11. The average Bonchev–Trinajstić information content (AvgIpc) is 2.29. The van der Waals surface area contributed by atoms with Crippen molar-refractivity contribution in [3.63, 3.8) is 0 Å². The van der Waals surface area contributed by atoms with Gasteiger partial charge in [-0.2, -0.15) is 0 Å². The van der Waals surface area contributed by atoms with Crippen molar-refractivity contribution < 1.29 is 22.1 Å². The van der Waals surface area contributed by atoms with Crippen LogP contribution in [0.3, 0.4) is 0 Å². The fourth-order valence-corrected chi connectivity index (χ4v) is 1.75. The van der Waals surface area contributed by atoms with Gasteiger partial charge in [-0.25, -0.2) is 0 Å². The predicted molar refractivity (Wildman–Crippen MR) is 68.4 cm³/mol. The van der Waals surface area contributed by atoms with Crippen molar-refractivity contribution in [2.45, 2.75) is 25.1 Å². The first-order chi connectivity index (χ1) is 8.79. The molecule has 1 aromatic carbocycles. The Kier molecular flexibility index (Phi) is 5.81. The van der Waals surface area contributed by atoms with E-state index in [4.69, 9.17) is 0 Å². The molecule has 1 aromatic rings. The van der Waals surface area contributed by atoms with Gasteiger partial charge in [0.05, 0.1) is 0 Å². The zero-order chi connectivity index (χ0) is 14.5. The van der Waals surface area contributed by atoms with Crippen LogP contribution in [0.1, 0.15) is 12.5 Å². The molecule has 7 heteroatoms. The molecule has 0 spiro atoms. The molecule has 0 aliphatic rings. The Hall–Kier alpha value is -1.08. The van der Waals surface area contributed by atoms with Crippen molar-refractivity contribution in [1.29, 1.82) is 0 Å². The predicted octanol–water partition coefficient (Wildman–Crippen LogP) is 2.44. The summed E-state index contributed by atoms with van der Waals surface area (Å²) >= 11 is 0. The van der Waals surface area contributed by atoms with Gasteiger partial charge in [0.1, 0.15) is 5.75 Å². The Labute approximate surface area is 112 Å². The number of ether oxygens (including phenoxy) is 1. The van der Waals surface area contributed by atoms with Crippen molar-refractivity contribution >= 4 is 10.8 Å². The molecule has 0 aliphatic heterocycles. The summed E-state index contributed by atoms with van der Waals surface area (Å²) in [5, 5.41) is 2.91. The van der Waals surface area contributed by atoms with Gasteiger partial charge < -0.3 is 10.1 Å². The Balaban J connectivity index is 2.61. The van der Waals surface area contributed by atoms with E-state index in [1.54, 1.807) is 25.3 Å². The minimum atomic E-state index is -4.70. The molecule has 2 unspecified atom stereocenters. The number of rotatable bonds is 6. The lowest BCUT2D eigenvalue weighted by molar-refractivity contribution is -0.274. The van der Waals surface area contributed by atoms with Gasteiger partial charge in [-0.3, -0.25) is 4.21 Å². The molecule has 19 heavy (non-hydrogen) atoms. The molecule has 0 aliphatic carbocycles. The van der Waals surface area contributed by atoms with E-state index in [2.05, 4.69) is 10.1 Å². The summed E-state index contributed by atoms with van der Waals surface area (Å²) in [5.41, 5.74) is 0.411. The van der Waals surface area contributed by atoms with Gasteiger partial charge in [0.2, 0.25) is 0 Å². The third kappa shape index (κ3) is 6.07. The number of halogens is 3. The van der Waals surface area contributed by atoms with E-state index in [1.165, 1.54) is 12.1 Å². The van der Waals surface area contributed by atoms with Crippen molar-refractivity contribution in [1.82, 2.24) is 5.32 Å². The topological polar surface area (TPSA) is 38.3 Å². The Morgan fingerprint density at radius 3 is 2.58 bits per heavy atom. The van der Waals surface area contributed by atoms with Crippen LogP contribution in [-0.2, 0) is 17.3 Å². The summed E-state index contributed by atoms with van der Waals surface area (Å²) in [7, 11) is -0.963. The molecule has 0 saturated heterocycles. The van der Waals surface area contributed by atoms with E-state index in [0.717, 1.165) is 0 Å². The highest BCUT2D eigenvalue weighted by Crippen LogP contribution is 2.25. The fourth-order valence-electron chi connectivity index (χ4n) is 1.40. The van der Waals surface area contributed by atoms with Crippen LogP contribution in [0.25, 0.3) is 0 Å². The molecule has 0 radical (unpaired) electrons. The number of hydrogen-bond acceptors (Lipinski definition) is 3. The Morgan fingerprint density at radius 2 is 2.00 bits per heavy atom. The summed E-state index contributed by atoms with van der Waals surface area (Å²) in [4.78, 5) is 0. The molecule has 108 valence electrons. The highest BCUT2D eigenvalue weighted by molar-refractivity contribution is 7.84. The number of nitrogens with one attached hydrogen (secondary N) is 1. The van der Waals surface area contributed by atoms with Crippen molar-refractivity contribution in [3.8, 4) is 5.75 Å². The van der Waals surface area contributed by atoms with Gasteiger partial charge in [-0.05, 0) is 13.0 Å². The van der Waals surface area contributed by atoms with Gasteiger partial charge in [0.25, 0.3) is 0 Å². The first-order valence-corrected chi connectivity index (χ1v) is 7.28. The van der Waals surface area contributed by atoms with Crippen molar-refractivity contribution in [2.24, 2.45) is 0 Å². The summed E-state index contributed by atoms with van der Waals surface area (Å²) in [6, 6.07) is 5.95. The second-order valence-electron chi connectivity index (χ2n) is 4.10. The standard InChI is InChI=1S/C12H16F3NO2S/c1-9(19(2)17)7-16-8-10-5-3-4-6-11(10)18-12(13,14)15/h3-6,9,16H,7-8H2,1-2H3. The second kappa shape index (κ2) is 6.91. The smallest absolute Gasteiger partial charge is 0.405 e. The molecule has 2 atom stereocenters. The lowest BCUT2D eigenvalue weighted by atomic mass is 10.2. The van der Waals surface area contributed by atoms with Crippen LogP contribution in [-0.4, -0.2) is 28.6 Å². The maximum atomic E-state index is 12.2. The van der Waals surface area contributed by atoms with Crippen LogP contribution in [0.4, 0.5) is 13.2 Å². The number of para-hydroxylation sites is 1. The molecule has 0 saturated carbocycles. The maximum absolute atomic E-state index is 12.2. The van der Waals surface area contributed by atoms with E-state index >= 15 is 0 Å². The molecular weight excluding hydrogens is 279 g/mol. The van der Waals surface area contributed by atoms with Gasteiger partial charge in [-0.1, -0.05) is 18.2 Å².